The molecule has 0 aliphatic rings. The van der Waals surface area contributed by atoms with E-state index in [0.29, 0.717) is 0 Å². The maximum atomic E-state index is 13.8. The van der Waals surface area contributed by atoms with Gasteiger partial charge in [-0.25, -0.2) is 9.18 Å². The summed E-state index contributed by atoms with van der Waals surface area (Å²) in [6.07, 6.45) is -1.07. The van der Waals surface area contributed by atoms with E-state index in [1.165, 1.54) is 23.5 Å². The standard InChI is InChI=1S/C15H14ClFN2O3S/c16-11-5-1-3-9(13(11)17)8-18-14(20)12(19-15(21)22)7-10-4-2-6-23-10/h1-6,12,19H,7-8H2,(H,18,20)(H,21,22). The lowest BCUT2D eigenvalue weighted by atomic mass is 10.1. The second-order valence-electron chi connectivity index (χ2n) is 4.72. The van der Waals surface area contributed by atoms with Gasteiger partial charge in [0.15, 0.2) is 0 Å². The van der Waals surface area contributed by atoms with Crippen LogP contribution in [0.25, 0.3) is 0 Å². The number of amides is 2. The molecule has 8 heteroatoms. The molecule has 1 heterocycles. The van der Waals surface area contributed by atoms with Gasteiger partial charge in [-0.05, 0) is 17.5 Å². The highest BCUT2D eigenvalue weighted by molar-refractivity contribution is 7.09. The number of carbonyl (C=O) groups excluding carboxylic acids is 1. The first-order valence-corrected chi connectivity index (χ1v) is 7.95. The predicted octanol–water partition coefficient (Wildman–Crippen LogP) is 3.04. The number of benzene rings is 1. The third-order valence-electron chi connectivity index (χ3n) is 3.08. The molecule has 3 N–H and O–H groups in total. The van der Waals surface area contributed by atoms with Crippen molar-refractivity contribution in [3.63, 3.8) is 0 Å². The Labute approximate surface area is 141 Å². The molecule has 1 unspecified atom stereocenters. The minimum atomic E-state index is -1.30. The summed E-state index contributed by atoms with van der Waals surface area (Å²) in [6, 6.07) is 7.16. The lowest BCUT2D eigenvalue weighted by molar-refractivity contribution is -0.123. The topological polar surface area (TPSA) is 78.4 Å². The Hall–Kier alpha value is -2.12. The monoisotopic (exact) mass is 356 g/mol. The summed E-state index contributed by atoms with van der Waals surface area (Å²) >= 11 is 7.10. The zero-order valence-electron chi connectivity index (χ0n) is 11.9. The Bertz CT molecular complexity index is 694. The first-order chi connectivity index (χ1) is 11.0. The van der Waals surface area contributed by atoms with E-state index in [1.54, 1.807) is 6.07 Å². The number of halogens is 2. The molecule has 0 radical (unpaired) electrons. The van der Waals surface area contributed by atoms with Gasteiger partial charge in [0.25, 0.3) is 0 Å². The van der Waals surface area contributed by atoms with Crippen LogP contribution in [0.1, 0.15) is 10.4 Å². The molecule has 2 rings (SSSR count). The van der Waals surface area contributed by atoms with Crippen molar-refractivity contribution in [2.45, 2.75) is 19.0 Å². The van der Waals surface area contributed by atoms with Crippen LogP contribution >= 0.6 is 22.9 Å². The second kappa shape index (κ2) is 7.94. The summed E-state index contributed by atoms with van der Waals surface area (Å²) in [6.45, 7) is -0.0759. The third kappa shape index (κ3) is 4.94. The van der Waals surface area contributed by atoms with E-state index in [-0.39, 0.29) is 23.6 Å². The summed E-state index contributed by atoms with van der Waals surface area (Å²) in [5.74, 6) is -1.13. The van der Waals surface area contributed by atoms with Crippen molar-refractivity contribution < 1.29 is 19.1 Å². The number of thiophene rings is 1. The Morgan fingerprint density at radius 2 is 2.09 bits per heavy atom. The van der Waals surface area contributed by atoms with Gasteiger partial charge in [-0.1, -0.05) is 29.8 Å². The number of carbonyl (C=O) groups is 2. The summed E-state index contributed by atoms with van der Waals surface area (Å²) in [4.78, 5) is 23.9. The quantitative estimate of drug-likeness (QED) is 0.744. The van der Waals surface area contributed by atoms with Crippen LogP contribution in [0.3, 0.4) is 0 Å². The summed E-state index contributed by atoms with van der Waals surface area (Å²) in [7, 11) is 0. The number of hydrogen-bond acceptors (Lipinski definition) is 3. The van der Waals surface area contributed by atoms with Gasteiger partial charge in [-0.15, -0.1) is 11.3 Å². The van der Waals surface area contributed by atoms with Gasteiger partial charge < -0.3 is 15.7 Å². The van der Waals surface area contributed by atoms with Crippen molar-refractivity contribution >= 4 is 34.9 Å². The average Bonchev–Trinajstić information content (AvgIpc) is 3.00. The zero-order valence-corrected chi connectivity index (χ0v) is 13.5. The van der Waals surface area contributed by atoms with Crippen molar-refractivity contribution in [1.29, 1.82) is 0 Å². The van der Waals surface area contributed by atoms with Gasteiger partial charge in [0.2, 0.25) is 5.91 Å². The number of carboxylic acid groups (broad SMARTS) is 1. The molecular formula is C15H14ClFN2O3S. The SMILES string of the molecule is O=C(O)NC(Cc1cccs1)C(=O)NCc1cccc(Cl)c1F. The molecule has 1 aromatic carbocycles. The van der Waals surface area contributed by atoms with Crippen LogP contribution in [0.4, 0.5) is 9.18 Å². The van der Waals surface area contributed by atoms with E-state index in [9.17, 15) is 14.0 Å². The van der Waals surface area contributed by atoms with Crippen LogP contribution in [0.2, 0.25) is 5.02 Å². The van der Waals surface area contributed by atoms with E-state index in [0.717, 1.165) is 4.88 Å². The van der Waals surface area contributed by atoms with Crippen molar-refractivity contribution in [3.8, 4) is 0 Å². The fourth-order valence-corrected chi connectivity index (χ4v) is 2.92. The molecule has 1 atom stereocenters. The fraction of sp³-hybridized carbons (Fsp3) is 0.200. The Balaban J connectivity index is 2.02. The molecule has 2 aromatic rings. The van der Waals surface area contributed by atoms with Crippen molar-refractivity contribution in [2.24, 2.45) is 0 Å². The van der Waals surface area contributed by atoms with E-state index in [2.05, 4.69) is 10.6 Å². The highest BCUT2D eigenvalue weighted by Crippen LogP contribution is 2.17. The summed E-state index contributed by atoms with van der Waals surface area (Å²) < 4.78 is 13.8. The molecule has 0 aliphatic heterocycles. The van der Waals surface area contributed by atoms with Gasteiger partial charge >= 0.3 is 6.09 Å². The van der Waals surface area contributed by atoms with Gasteiger partial charge in [0.1, 0.15) is 11.9 Å². The average molecular weight is 357 g/mol. The first-order valence-electron chi connectivity index (χ1n) is 6.70. The van der Waals surface area contributed by atoms with Gasteiger partial charge in [0.05, 0.1) is 5.02 Å². The lowest BCUT2D eigenvalue weighted by Crippen LogP contribution is -2.47. The number of rotatable bonds is 6. The van der Waals surface area contributed by atoms with Crippen molar-refractivity contribution in [3.05, 3.63) is 57.0 Å². The highest BCUT2D eigenvalue weighted by Gasteiger charge is 2.21. The van der Waals surface area contributed by atoms with Crippen LogP contribution in [0.5, 0.6) is 0 Å². The summed E-state index contributed by atoms with van der Waals surface area (Å²) in [5, 5.41) is 15.4. The molecule has 1 aromatic heterocycles. The molecule has 0 spiro atoms. The molecule has 5 nitrogen and oxygen atoms in total. The largest absolute Gasteiger partial charge is 0.465 e. The van der Waals surface area contributed by atoms with Crippen LogP contribution in [-0.2, 0) is 17.8 Å². The molecule has 2 amide bonds. The minimum Gasteiger partial charge on any atom is -0.465 e. The molecule has 0 bridgehead atoms. The Morgan fingerprint density at radius 3 is 2.74 bits per heavy atom. The maximum absolute atomic E-state index is 13.8. The number of hydrogen-bond donors (Lipinski definition) is 3. The maximum Gasteiger partial charge on any atom is 0.405 e. The lowest BCUT2D eigenvalue weighted by Gasteiger charge is -2.16. The van der Waals surface area contributed by atoms with Gasteiger partial charge in [-0.2, -0.15) is 0 Å². The van der Waals surface area contributed by atoms with E-state index in [1.807, 2.05) is 17.5 Å². The second-order valence-corrected chi connectivity index (χ2v) is 6.16. The third-order valence-corrected chi connectivity index (χ3v) is 4.27. The number of nitrogens with one attached hydrogen (secondary N) is 2. The molecule has 0 fully saturated rings. The van der Waals surface area contributed by atoms with Crippen LogP contribution in [-0.4, -0.2) is 23.1 Å². The normalized spacial score (nSPS) is 11.7. The van der Waals surface area contributed by atoms with E-state index < -0.39 is 23.9 Å². The van der Waals surface area contributed by atoms with E-state index in [4.69, 9.17) is 16.7 Å². The smallest absolute Gasteiger partial charge is 0.405 e. The van der Waals surface area contributed by atoms with E-state index >= 15 is 0 Å². The first kappa shape index (κ1) is 17.2. The van der Waals surface area contributed by atoms with Gasteiger partial charge in [-0.3, -0.25) is 4.79 Å². The van der Waals surface area contributed by atoms with Crippen molar-refractivity contribution in [1.82, 2.24) is 10.6 Å². The van der Waals surface area contributed by atoms with Crippen LogP contribution in [0.15, 0.2) is 35.7 Å². The van der Waals surface area contributed by atoms with Crippen LogP contribution in [0, 0.1) is 5.82 Å². The molecular weight excluding hydrogens is 343 g/mol. The molecule has 0 saturated carbocycles. The Kier molecular flexibility index (Phi) is 5.95. The molecule has 0 saturated heterocycles. The van der Waals surface area contributed by atoms with Crippen LogP contribution < -0.4 is 10.6 Å². The van der Waals surface area contributed by atoms with Gasteiger partial charge in [0, 0.05) is 23.4 Å². The van der Waals surface area contributed by atoms with Crippen molar-refractivity contribution in [2.75, 3.05) is 0 Å². The molecule has 122 valence electrons. The molecule has 0 aliphatic carbocycles. The minimum absolute atomic E-state index is 0.0319. The Morgan fingerprint density at radius 1 is 1.30 bits per heavy atom. The fourth-order valence-electron chi connectivity index (χ4n) is 1.98. The predicted molar refractivity (Wildman–Crippen MR) is 86.2 cm³/mol. The zero-order chi connectivity index (χ0) is 16.8. The molecule has 23 heavy (non-hydrogen) atoms. The highest BCUT2D eigenvalue weighted by atomic mass is 35.5. The summed E-state index contributed by atoms with van der Waals surface area (Å²) in [5.41, 5.74) is 0.232.